The molecule has 0 aliphatic heterocycles. The fraction of sp³-hybridized carbons (Fsp3) is 0.636. The Kier molecular flexibility index (Phi) is 3.58. The van der Waals surface area contributed by atoms with Gasteiger partial charge in [-0.05, 0) is 23.9 Å². The SMILES string of the molecule is CC(C)(C)c1cnc(CCCN)nc1. The number of aryl methyl sites for hydroxylation is 1. The van der Waals surface area contributed by atoms with Gasteiger partial charge in [0.1, 0.15) is 5.82 Å². The Morgan fingerprint density at radius 3 is 2.21 bits per heavy atom. The second-order valence-electron chi connectivity index (χ2n) is 4.53. The first kappa shape index (κ1) is 11.1. The number of hydrogen-bond donors (Lipinski definition) is 1. The van der Waals surface area contributed by atoms with Crippen LogP contribution in [0.2, 0.25) is 0 Å². The molecule has 0 spiro atoms. The highest BCUT2D eigenvalue weighted by Gasteiger charge is 2.14. The third-order valence-corrected chi connectivity index (χ3v) is 2.18. The molecule has 0 aromatic carbocycles. The van der Waals surface area contributed by atoms with Crippen LogP contribution in [0.25, 0.3) is 0 Å². The van der Waals surface area contributed by atoms with Gasteiger partial charge in [-0.15, -0.1) is 0 Å². The number of rotatable bonds is 3. The summed E-state index contributed by atoms with van der Waals surface area (Å²) in [6.07, 6.45) is 5.66. The number of nitrogens with zero attached hydrogens (tertiary/aromatic N) is 2. The molecular formula is C11H19N3. The lowest BCUT2D eigenvalue weighted by molar-refractivity contribution is 0.581. The van der Waals surface area contributed by atoms with Gasteiger partial charge >= 0.3 is 0 Å². The molecule has 0 aliphatic carbocycles. The molecule has 0 radical (unpaired) electrons. The Labute approximate surface area is 85.8 Å². The van der Waals surface area contributed by atoms with Gasteiger partial charge in [0.15, 0.2) is 0 Å². The van der Waals surface area contributed by atoms with Gasteiger partial charge in [-0.3, -0.25) is 0 Å². The summed E-state index contributed by atoms with van der Waals surface area (Å²) >= 11 is 0. The van der Waals surface area contributed by atoms with Gasteiger partial charge < -0.3 is 5.73 Å². The second-order valence-corrected chi connectivity index (χ2v) is 4.53. The zero-order valence-electron chi connectivity index (χ0n) is 9.25. The van der Waals surface area contributed by atoms with Crippen LogP contribution >= 0.6 is 0 Å². The van der Waals surface area contributed by atoms with Crippen LogP contribution in [0.4, 0.5) is 0 Å². The highest BCUT2D eigenvalue weighted by molar-refractivity contribution is 5.15. The van der Waals surface area contributed by atoms with E-state index in [4.69, 9.17) is 5.73 Å². The summed E-state index contributed by atoms with van der Waals surface area (Å²) in [4.78, 5) is 8.63. The van der Waals surface area contributed by atoms with Crippen molar-refractivity contribution in [1.82, 2.24) is 9.97 Å². The first-order chi connectivity index (χ1) is 6.54. The van der Waals surface area contributed by atoms with Crippen molar-refractivity contribution in [3.63, 3.8) is 0 Å². The minimum atomic E-state index is 0.131. The second kappa shape index (κ2) is 4.51. The minimum Gasteiger partial charge on any atom is -0.330 e. The molecule has 3 nitrogen and oxygen atoms in total. The van der Waals surface area contributed by atoms with Crippen LogP contribution in [-0.2, 0) is 11.8 Å². The highest BCUT2D eigenvalue weighted by atomic mass is 14.9. The molecule has 0 atom stereocenters. The van der Waals surface area contributed by atoms with Crippen molar-refractivity contribution < 1.29 is 0 Å². The molecule has 0 saturated heterocycles. The predicted octanol–water partition coefficient (Wildman–Crippen LogP) is 1.67. The van der Waals surface area contributed by atoms with E-state index >= 15 is 0 Å². The Morgan fingerprint density at radius 2 is 1.79 bits per heavy atom. The van der Waals surface area contributed by atoms with Gasteiger partial charge in [0.25, 0.3) is 0 Å². The molecular weight excluding hydrogens is 174 g/mol. The van der Waals surface area contributed by atoms with E-state index < -0.39 is 0 Å². The van der Waals surface area contributed by atoms with Gasteiger partial charge in [0.2, 0.25) is 0 Å². The fourth-order valence-electron chi connectivity index (χ4n) is 1.13. The zero-order chi connectivity index (χ0) is 10.6. The third kappa shape index (κ3) is 3.07. The number of aromatic nitrogens is 2. The highest BCUT2D eigenvalue weighted by Crippen LogP contribution is 2.19. The average molecular weight is 193 g/mol. The normalized spacial score (nSPS) is 11.7. The Morgan fingerprint density at radius 1 is 1.21 bits per heavy atom. The predicted molar refractivity (Wildman–Crippen MR) is 58.1 cm³/mol. The van der Waals surface area contributed by atoms with E-state index in [1.165, 1.54) is 5.56 Å². The molecule has 0 unspecified atom stereocenters. The van der Waals surface area contributed by atoms with Gasteiger partial charge in [-0.2, -0.15) is 0 Å². The molecule has 2 N–H and O–H groups in total. The van der Waals surface area contributed by atoms with Crippen LogP contribution < -0.4 is 5.73 Å². The molecule has 1 heterocycles. The fourth-order valence-corrected chi connectivity index (χ4v) is 1.13. The molecule has 0 aliphatic rings. The average Bonchev–Trinajstić information content (AvgIpc) is 2.14. The van der Waals surface area contributed by atoms with E-state index in [1.807, 2.05) is 12.4 Å². The molecule has 1 rings (SSSR count). The van der Waals surface area contributed by atoms with E-state index in [9.17, 15) is 0 Å². The molecule has 0 amide bonds. The lowest BCUT2D eigenvalue weighted by Crippen LogP contribution is -2.13. The summed E-state index contributed by atoms with van der Waals surface area (Å²) in [5.74, 6) is 0.892. The number of nitrogens with two attached hydrogens (primary N) is 1. The Bertz CT molecular complexity index is 272. The molecule has 0 bridgehead atoms. The van der Waals surface area contributed by atoms with Crippen LogP contribution in [0.1, 0.15) is 38.6 Å². The van der Waals surface area contributed by atoms with E-state index in [0.29, 0.717) is 6.54 Å². The van der Waals surface area contributed by atoms with Crippen LogP contribution in [0.15, 0.2) is 12.4 Å². The summed E-state index contributed by atoms with van der Waals surface area (Å²) in [7, 11) is 0. The minimum absolute atomic E-state index is 0.131. The van der Waals surface area contributed by atoms with E-state index in [2.05, 4.69) is 30.7 Å². The molecule has 3 heteroatoms. The van der Waals surface area contributed by atoms with Gasteiger partial charge in [-0.1, -0.05) is 20.8 Å². The maximum Gasteiger partial charge on any atom is 0.128 e. The summed E-state index contributed by atoms with van der Waals surface area (Å²) in [5.41, 5.74) is 6.73. The molecule has 14 heavy (non-hydrogen) atoms. The van der Waals surface area contributed by atoms with Crippen molar-refractivity contribution in [3.05, 3.63) is 23.8 Å². The van der Waals surface area contributed by atoms with Gasteiger partial charge in [0, 0.05) is 18.8 Å². The first-order valence-corrected chi connectivity index (χ1v) is 5.05. The van der Waals surface area contributed by atoms with Crippen LogP contribution in [0.3, 0.4) is 0 Å². The molecule has 1 aromatic rings. The van der Waals surface area contributed by atoms with Crippen LogP contribution in [0, 0.1) is 0 Å². The summed E-state index contributed by atoms with van der Waals surface area (Å²) in [5, 5.41) is 0. The zero-order valence-corrected chi connectivity index (χ0v) is 9.25. The van der Waals surface area contributed by atoms with Crippen molar-refractivity contribution in [1.29, 1.82) is 0 Å². The van der Waals surface area contributed by atoms with E-state index in [0.717, 1.165) is 18.7 Å². The molecule has 78 valence electrons. The summed E-state index contributed by atoms with van der Waals surface area (Å²) in [6, 6.07) is 0. The van der Waals surface area contributed by atoms with E-state index in [-0.39, 0.29) is 5.41 Å². The van der Waals surface area contributed by atoms with Crippen molar-refractivity contribution >= 4 is 0 Å². The largest absolute Gasteiger partial charge is 0.330 e. The van der Waals surface area contributed by atoms with Gasteiger partial charge in [-0.25, -0.2) is 9.97 Å². The maximum atomic E-state index is 5.42. The number of hydrogen-bond acceptors (Lipinski definition) is 3. The van der Waals surface area contributed by atoms with Crippen molar-refractivity contribution in [2.45, 2.75) is 39.0 Å². The maximum absolute atomic E-state index is 5.42. The van der Waals surface area contributed by atoms with Crippen molar-refractivity contribution in [2.75, 3.05) is 6.54 Å². The van der Waals surface area contributed by atoms with Crippen molar-refractivity contribution in [2.24, 2.45) is 5.73 Å². The van der Waals surface area contributed by atoms with Gasteiger partial charge in [0.05, 0.1) is 0 Å². The Hall–Kier alpha value is -0.960. The first-order valence-electron chi connectivity index (χ1n) is 5.05. The van der Waals surface area contributed by atoms with Crippen LogP contribution in [0.5, 0.6) is 0 Å². The topological polar surface area (TPSA) is 51.8 Å². The lowest BCUT2D eigenvalue weighted by Gasteiger charge is -2.17. The quantitative estimate of drug-likeness (QED) is 0.794. The van der Waals surface area contributed by atoms with Crippen LogP contribution in [-0.4, -0.2) is 16.5 Å². The van der Waals surface area contributed by atoms with E-state index in [1.54, 1.807) is 0 Å². The lowest BCUT2D eigenvalue weighted by atomic mass is 9.89. The van der Waals surface area contributed by atoms with Crippen molar-refractivity contribution in [3.8, 4) is 0 Å². The monoisotopic (exact) mass is 193 g/mol. The smallest absolute Gasteiger partial charge is 0.128 e. The molecule has 0 saturated carbocycles. The summed E-state index contributed by atoms with van der Waals surface area (Å²) in [6.45, 7) is 7.17. The standard InChI is InChI=1S/C11H19N3/c1-11(2,3)9-7-13-10(14-8-9)5-4-6-12/h7-8H,4-6,12H2,1-3H3. The third-order valence-electron chi connectivity index (χ3n) is 2.18. The Balaban J connectivity index is 2.69. The molecule has 1 aromatic heterocycles. The molecule has 0 fully saturated rings. The summed E-state index contributed by atoms with van der Waals surface area (Å²) < 4.78 is 0.